The lowest BCUT2D eigenvalue weighted by atomic mass is 10.2. The zero-order valence-electron chi connectivity index (χ0n) is 12.8. The first-order valence-electron chi connectivity index (χ1n) is 7.21. The molecule has 1 amide bonds. The van der Waals surface area contributed by atoms with Crippen LogP contribution in [0.1, 0.15) is 12.0 Å². The number of thioether (sulfide) groups is 1. The maximum Gasteiger partial charge on any atom is 0.261 e. The van der Waals surface area contributed by atoms with Gasteiger partial charge < -0.3 is 5.32 Å². The Labute approximate surface area is 149 Å². The van der Waals surface area contributed by atoms with Crippen molar-refractivity contribution in [2.75, 3.05) is 15.8 Å². The summed E-state index contributed by atoms with van der Waals surface area (Å²) in [5.74, 6) is 0.555. The summed E-state index contributed by atoms with van der Waals surface area (Å²) in [6.07, 6.45) is 0.404. The van der Waals surface area contributed by atoms with Gasteiger partial charge >= 0.3 is 0 Å². The van der Waals surface area contributed by atoms with E-state index in [0.717, 1.165) is 10.5 Å². The Morgan fingerprint density at radius 1 is 1.21 bits per heavy atom. The summed E-state index contributed by atoms with van der Waals surface area (Å²) in [7, 11) is -3.78. The van der Waals surface area contributed by atoms with Crippen molar-refractivity contribution in [1.29, 1.82) is 0 Å². The molecule has 3 rings (SSSR count). The van der Waals surface area contributed by atoms with E-state index < -0.39 is 10.0 Å². The second kappa shape index (κ2) is 6.66. The normalized spacial score (nSPS) is 14.5. The minimum atomic E-state index is -3.78. The largest absolute Gasteiger partial charge is 0.325 e. The summed E-state index contributed by atoms with van der Waals surface area (Å²) in [5.41, 5.74) is 1.71. The van der Waals surface area contributed by atoms with Crippen molar-refractivity contribution in [2.45, 2.75) is 23.1 Å². The number of halogens is 1. The number of anilines is 2. The number of carbonyl (C=O) groups is 1. The van der Waals surface area contributed by atoms with Gasteiger partial charge in [-0.3, -0.25) is 9.52 Å². The number of rotatable bonds is 3. The Bertz CT molecular complexity index is 914. The lowest BCUT2D eigenvalue weighted by Gasteiger charge is -2.13. The Hall–Kier alpha value is -1.70. The summed E-state index contributed by atoms with van der Waals surface area (Å²) < 4.78 is 27.8. The Morgan fingerprint density at radius 3 is 2.79 bits per heavy atom. The monoisotopic (exact) mass is 382 g/mol. The maximum atomic E-state index is 12.6. The first-order valence-corrected chi connectivity index (χ1v) is 10.1. The van der Waals surface area contributed by atoms with Gasteiger partial charge in [-0.05, 0) is 42.8 Å². The van der Waals surface area contributed by atoms with Crippen molar-refractivity contribution in [2.24, 2.45) is 0 Å². The second-order valence-electron chi connectivity index (χ2n) is 5.37. The van der Waals surface area contributed by atoms with Gasteiger partial charge in [-0.1, -0.05) is 17.7 Å². The van der Waals surface area contributed by atoms with Crippen LogP contribution in [-0.4, -0.2) is 20.1 Å². The minimum Gasteiger partial charge on any atom is -0.325 e. The van der Waals surface area contributed by atoms with Gasteiger partial charge in [-0.2, -0.15) is 0 Å². The van der Waals surface area contributed by atoms with E-state index in [9.17, 15) is 13.2 Å². The number of fused-ring (bicyclic) bond motifs is 1. The third kappa shape index (κ3) is 3.68. The smallest absolute Gasteiger partial charge is 0.261 e. The molecule has 8 heteroatoms. The number of aryl methyl sites for hydroxylation is 1. The van der Waals surface area contributed by atoms with E-state index in [1.807, 2.05) is 0 Å². The van der Waals surface area contributed by atoms with Crippen molar-refractivity contribution >= 4 is 50.7 Å². The molecule has 0 fully saturated rings. The topological polar surface area (TPSA) is 75.3 Å². The van der Waals surface area contributed by atoms with E-state index in [2.05, 4.69) is 10.0 Å². The average Bonchev–Trinajstić information content (AvgIpc) is 2.70. The van der Waals surface area contributed by atoms with Crippen LogP contribution >= 0.6 is 23.4 Å². The summed E-state index contributed by atoms with van der Waals surface area (Å²) in [6, 6.07) is 9.73. The van der Waals surface area contributed by atoms with Gasteiger partial charge in [0.05, 0.1) is 16.3 Å². The fraction of sp³-hybridized carbons (Fsp3) is 0.188. The van der Waals surface area contributed by atoms with E-state index >= 15 is 0 Å². The molecule has 0 saturated heterocycles. The molecule has 0 aromatic heterocycles. The molecule has 1 aliphatic rings. The van der Waals surface area contributed by atoms with Crippen LogP contribution in [0.5, 0.6) is 0 Å². The van der Waals surface area contributed by atoms with Crippen molar-refractivity contribution in [3.8, 4) is 0 Å². The first kappa shape index (κ1) is 17.1. The van der Waals surface area contributed by atoms with Crippen molar-refractivity contribution in [1.82, 2.24) is 0 Å². The summed E-state index contributed by atoms with van der Waals surface area (Å²) in [4.78, 5) is 12.6. The molecule has 2 aromatic carbocycles. The SMILES string of the molecule is Cc1ccc(Cl)cc1NS(=O)(=O)c1ccc2c(c1)NC(=O)CCS2. The van der Waals surface area contributed by atoms with Crippen LogP contribution in [0.2, 0.25) is 5.02 Å². The Morgan fingerprint density at radius 2 is 2.00 bits per heavy atom. The van der Waals surface area contributed by atoms with Crippen LogP contribution in [0, 0.1) is 6.92 Å². The molecular formula is C16H15ClN2O3S2. The number of carbonyl (C=O) groups excluding carboxylic acids is 1. The lowest BCUT2D eigenvalue weighted by molar-refractivity contribution is -0.115. The Kier molecular flexibility index (Phi) is 4.76. The molecule has 0 radical (unpaired) electrons. The van der Waals surface area contributed by atoms with Crippen LogP contribution in [0.4, 0.5) is 11.4 Å². The molecular weight excluding hydrogens is 368 g/mol. The zero-order valence-corrected chi connectivity index (χ0v) is 15.2. The molecule has 0 unspecified atom stereocenters. The molecule has 1 heterocycles. The van der Waals surface area contributed by atoms with E-state index in [1.54, 1.807) is 31.2 Å². The van der Waals surface area contributed by atoms with Gasteiger partial charge in [0.25, 0.3) is 10.0 Å². The molecule has 0 spiro atoms. The van der Waals surface area contributed by atoms with Gasteiger partial charge in [0.1, 0.15) is 0 Å². The van der Waals surface area contributed by atoms with Gasteiger partial charge in [0, 0.05) is 22.1 Å². The van der Waals surface area contributed by atoms with E-state index in [1.165, 1.54) is 23.9 Å². The maximum absolute atomic E-state index is 12.6. The highest BCUT2D eigenvalue weighted by Crippen LogP contribution is 2.33. The molecule has 0 aliphatic carbocycles. The highest BCUT2D eigenvalue weighted by Gasteiger charge is 2.20. The molecule has 0 bridgehead atoms. The van der Waals surface area contributed by atoms with Crippen LogP contribution in [-0.2, 0) is 14.8 Å². The van der Waals surface area contributed by atoms with Gasteiger partial charge in [0.2, 0.25) is 5.91 Å². The Balaban J connectivity index is 1.95. The standard InChI is InChI=1S/C16H15ClN2O3S2/c1-10-2-3-11(17)8-13(10)19-24(21,22)12-4-5-15-14(9-12)18-16(20)6-7-23-15/h2-5,8-9,19H,6-7H2,1H3,(H,18,20). The van der Waals surface area contributed by atoms with Gasteiger partial charge in [0.15, 0.2) is 0 Å². The van der Waals surface area contributed by atoms with Crippen LogP contribution < -0.4 is 10.0 Å². The van der Waals surface area contributed by atoms with Crippen molar-refractivity contribution in [3.05, 3.63) is 47.0 Å². The lowest BCUT2D eigenvalue weighted by Crippen LogP contribution is -2.15. The molecule has 0 saturated carbocycles. The number of nitrogens with one attached hydrogen (secondary N) is 2. The van der Waals surface area contributed by atoms with E-state index in [-0.39, 0.29) is 10.8 Å². The van der Waals surface area contributed by atoms with E-state index in [4.69, 9.17) is 11.6 Å². The molecule has 24 heavy (non-hydrogen) atoms. The number of benzene rings is 2. The summed E-state index contributed by atoms with van der Waals surface area (Å²) >= 11 is 7.46. The highest BCUT2D eigenvalue weighted by atomic mass is 35.5. The number of amides is 1. The summed E-state index contributed by atoms with van der Waals surface area (Å²) in [5, 5.41) is 3.19. The minimum absolute atomic E-state index is 0.0865. The average molecular weight is 383 g/mol. The van der Waals surface area contributed by atoms with E-state index in [0.29, 0.717) is 28.6 Å². The molecule has 2 N–H and O–H groups in total. The second-order valence-corrected chi connectivity index (χ2v) is 8.62. The quantitative estimate of drug-likeness (QED) is 0.844. The zero-order chi connectivity index (χ0) is 17.3. The molecule has 126 valence electrons. The van der Waals surface area contributed by atoms with Crippen LogP contribution in [0.15, 0.2) is 46.2 Å². The molecule has 2 aromatic rings. The van der Waals surface area contributed by atoms with Gasteiger partial charge in [-0.25, -0.2) is 8.42 Å². The number of sulfonamides is 1. The molecule has 0 atom stereocenters. The third-order valence-corrected chi connectivity index (χ3v) is 6.24. The molecule has 1 aliphatic heterocycles. The first-order chi connectivity index (χ1) is 11.3. The summed E-state index contributed by atoms with van der Waals surface area (Å²) in [6.45, 7) is 1.79. The predicted molar refractivity (Wildman–Crippen MR) is 97.4 cm³/mol. The van der Waals surface area contributed by atoms with Gasteiger partial charge in [-0.15, -0.1) is 11.8 Å². The predicted octanol–water partition coefficient (Wildman–Crippen LogP) is 3.88. The fourth-order valence-electron chi connectivity index (χ4n) is 2.27. The molecule has 5 nitrogen and oxygen atoms in total. The fourth-order valence-corrected chi connectivity index (χ4v) is 4.53. The van der Waals surface area contributed by atoms with Crippen molar-refractivity contribution in [3.63, 3.8) is 0 Å². The number of hydrogen-bond donors (Lipinski definition) is 2. The van der Waals surface area contributed by atoms with Crippen LogP contribution in [0.3, 0.4) is 0 Å². The van der Waals surface area contributed by atoms with Crippen molar-refractivity contribution < 1.29 is 13.2 Å². The third-order valence-electron chi connectivity index (χ3n) is 3.57. The highest BCUT2D eigenvalue weighted by molar-refractivity contribution is 7.99. The van der Waals surface area contributed by atoms with Crippen LogP contribution in [0.25, 0.3) is 0 Å². The number of hydrogen-bond acceptors (Lipinski definition) is 4.